The second-order valence-electron chi connectivity index (χ2n) is 5.39. The van der Waals surface area contributed by atoms with Crippen molar-refractivity contribution in [3.63, 3.8) is 0 Å². The van der Waals surface area contributed by atoms with E-state index < -0.39 is 0 Å². The van der Waals surface area contributed by atoms with Crippen LogP contribution in [0.1, 0.15) is 24.3 Å². The number of nitrogens with zero attached hydrogens (tertiary/aromatic N) is 3. The minimum atomic E-state index is -0.345. The van der Waals surface area contributed by atoms with Crippen LogP contribution in [-0.2, 0) is 14.1 Å². The Morgan fingerprint density at radius 3 is 2.71 bits per heavy atom. The molecule has 1 unspecified atom stereocenters. The summed E-state index contributed by atoms with van der Waals surface area (Å²) in [5.41, 5.74) is 0.898. The average Bonchev–Trinajstić information content (AvgIpc) is 2.51. The van der Waals surface area contributed by atoms with E-state index in [1.807, 2.05) is 6.07 Å². The van der Waals surface area contributed by atoms with Gasteiger partial charge in [0.15, 0.2) is 0 Å². The van der Waals surface area contributed by atoms with Crippen molar-refractivity contribution in [1.82, 2.24) is 19.4 Å². The number of halogens is 1. The number of aryl methyl sites for hydroxylation is 1. The number of fused-ring (bicyclic) bond motifs is 1. The average molecular weight is 311 g/mol. The molecule has 3 heterocycles. The Morgan fingerprint density at radius 1 is 1.29 bits per heavy atom. The SMILES string of the molecule is Cl.Cn1c(=O)c2cc(C3CCCNC3)cnc2n(C)c1=O. The van der Waals surface area contributed by atoms with Gasteiger partial charge in [-0.1, -0.05) is 0 Å². The van der Waals surface area contributed by atoms with E-state index in [0.29, 0.717) is 17.0 Å². The van der Waals surface area contributed by atoms with Gasteiger partial charge in [-0.15, -0.1) is 12.4 Å². The Balaban J connectivity index is 0.00000161. The minimum Gasteiger partial charge on any atom is -0.316 e. The lowest BCUT2D eigenvalue weighted by atomic mass is 9.92. The highest BCUT2D eigenvalue weighted by atomic mass is 35.5. The van der Waals surface area contributed by atoms with Crippen LogP contribution in [-0.4, -0.2) is 27.2 Å². The fourth-order valence-electron chi connectivity index (χ4n) is 2.84. The van der Waals surface area contributed by atoms with Gasteiger partial charge in [0, 0.05) is 26.8 Å². The Labute approximate surface area is 128 Å². The molecule has 21 heavy (non-hydrogen) atoms. The van der Waals surface area contributed by atoms with E-state index in [1.54, 1.807) is 13.2 Å². The summed E-state index contributed by atoms with van der Waals surface area (Å²) in [7, 11) is 3.14. The lowest BCUT2D eigenvalue weighted by molar-refractivity contribution is 0.461. The summed E-state index contributed by atoms with van der Waals surface area (Å²) >= 11 is 0. The molecule has 0 amide bonds. The third-order valence-electron chi connectivity index (χ3n) is 4.08. The van der Waals surface area contributed by atoms with Crippen LogP contribution in [0.15, 0.2) is 21.9 Å². The van der Waals surface area contributed by atoms with E-state index >= 15 is 0 Å². The van der Waals surface area contributed by atoms with Crippen LogP contribution in [0.3, 0.4) is 0 Å². The maximum Gasteiger partial charge on any atom is 0.332 e. The van der Waals surface area contributed by atoms with Crippen LogP contribution in [0, 0.1) is 0 Å². The number of nitrogens with one attached hydrogen (secondary N) is 1. The molecular formula is C14H19ClN4O2. The maximum absolute atomic E-state index is 12.2. The number of aromatic nitrogens is 3. The molecule has 0 saturated carbocycles. The number of hydrogen-bond donors (Lipinski definition) is 1. The molecule has 2 aromatic rings. The summed E-state index contributed by atoms with van der Waals surface area (Å²) in [5, 5.41) is 3.87. The first-order valence-electron chi connectivity index (χ1n) is 6.86. The van der Waals surface area contributed by atoms with Crippen molar-refractivity contribution in [2.45, 2.75) is 18.8 Å². The van der Waals surface area contributed by atoms with Gasteiger partial charge < -0.3 is 5.32 Å². The van der Waals surface area contributed by atoms with Crippen LogP contribution < -0.4 is 16.6 Å². The summed E-state index contributed by atoms with van der Waals surface area (Å²) in [6.45, 7) is 1.97. The number of rotatable bonds is 1. The minimum absolute atomic E-state index is 0. The van der Waals surface area contributed by atoms with Gasteiger partial charge in [-0.2, -0.15) is 0 Å². The Kier molecular flexibility index (Phi) is 4.49. The molecule has 1 aliphatic rings. The molecule has 7 heteroatoms. The largest absolute Gasteiger partial charge is 0.332 e. The monoisotopic (exact) mass is 310 g/mol. The molecule has 1 fully saturated rings. The molecule has 0 aliphatic carbocycles. The molecule has 114 valence electrons. The lowest BCUT2D eigenvalue weighted by Gasteiger charge is -2.23. The zero-order valence-electron chi connectivity index (χ0n) is 12.1. The van der Waals surface area contributed by atoms with Gasteiger partial charge in [0.2, 0.25) is 0 Å². The number of piperidine rings is 1. The van der Waals surface area contributed by atoms with Gasteiger partial charge in [0.1, 0.15) is 5.65 Å². The predicted molar refractivity (Wildman–Crippen MR) is 84.3 cm³/mol. The van der Waals surface area contributed by atoms with Crippen LogP contribution in [0.25, 0.3) is 11.0 Å². The van der Waals surface area contributed by atoms with Crippen LogP contribution in [0.5, 0.6) is 0 Å². The van der Waals surface area contributed by atoms with E-state index in [4.69, 9.17) is 0 Å². The molecular weight excluding hydrogens is 292 g/mol. The van der Waals surface area contributed by atoms with Crippen LogP contribution in [0.2, 0.25) is 0 Å². The molecule has 0 aromatic carbocycles. The molecule has 0 spiro atoms. The maximum atomic E-state index is 12.2. The van der Waals surface area contributed by atoms with Crippen LogP contribution in [0.4, 0.5) is 0 Å². The molecule has 1 N–H and O–H groups in total. The molecule has 0 radical (unpaired) electrons. The molecule has 1 aliphatic heterocycles. The molecule has 1 atom stereocenters. The molecule has 6 nitrogen and oxygen atoms in total. The highest BCUT2D eigenvalue weighted by Crippen LogP contribution is 2.23. The summed E-state index contributed by atoms with van der Waals surface area (Å²) in [6.07, 6.45) is 4.03. The normalized spacial score (nSPS) is 18.5. The van der Waals surface area contributed by atoms with Crippen molar-refractivity contribution < 1.29 is 0 Å². The molecule has 0 bridgehead atoms. The second kappa shape index (κ2) is 5.99. The van der Waals surface area contributed by atoms with Crippen LogP contribution >= 0.6 is 12.4 Å². The zero-order valence-corrected chi connectivity index (χ0v) is 12.9. The smallest absolute Gasteiger partial charge is 0.316 e. The first-order valence-corrected chi connectivity index (χ1v) is 6.86. The molecule has 1 saturated heterocycles. The Hall–Kier alpha value is -1.66. The summed E-state index contributed by atoms with van der Waals surface area (Å²) in [5.74, 6) is 0.391. The first-order chi connectivity index (χ1) is 9.59. The van der Waals surface area contributed by atoms with Crippen molar-refractivity contribution >= 4 is 23.4 Å². The quantitative estimate of drug-likeness (QED) is 0.834. The Bertz CT molecular complexity index is 775. The van der Waals surface area contributed by atoms with E-state index in [-0.39, 0.29) is 23.7 Å². The summed E-state index contributed by atoms with van der Waals surface area (Å²) < 4.78 is 2.55. The third-order valence-corrected chi connectivity index (χ3v) is 4.08. The number of pyridine rings is 1. The fraction of sp³-hybridized carbons (Fsp3) is 0.500. The fourth-order valence-corrected chi connectivity index (χ4v) is 2.84. The van der Waals surface area contributed by atoms with Gasteiger partial charge in [0.05, 0.1) is 5.39 Å². The highest BCUT2D eigenvalue weighted by molar-refractivity contribution is 5.85. The van der Waals surface area contributed by atoms with E-state index in [2.05, 4.69) is 10.3 Å². The van der Waals surface area contributed by atoms with Crippen molar-refractivity contribution in [3.8, 4) is 0 Å². The van der Waals surface area contributed by atoms with Crippen molar-refractivity contribution in [3.05, 3.63) is 38.7 Å². The van der Waals surface area contributed by atoms with Gasteiger partial charge >= 0.3 is 5.69 Å². The molecule has 2 aromatic heterocycles. The first kappa shape index (κ1) is 15.7. The van der Waals surface area contributed by atoms with Gasteiger partial charge in [-0.3, -0.25) is 13.9 Å². The standard InChI is InChI=1S/C14H18N4O2.ClH/c1-17-12-11(13(19)18(2)14(17)20)6-10(8-16-12)9-4-3-5-15-7-9;/h6,8-9,15H,3-5,7H2,1-2H3;1H. The summed E-state index contributed by atoms with van der Waals surface area (Å²) in [6, 6.07) is 1.89. The van der Waals surface area contributed by atoms with Crippen molar-refractivity contribution in [1.29, 1.82) is 0 Å². The summed E-state index contributed by atoms with van der Waals surface area (Å²) in [4.78, 5) is 28.4. The van der Waals surface area contributed by atoms with Crippen molar-refractivity contribution in [2.24, 2.45) is 14.1 Å². The predicted octanol–water partition coefficient (Wildman–Crippen LogP) is 0.521. The topological polar surface area (TPSA) is 68.9 Å². The van der Waals surface area contributed by atoms with Gasteiger partial charge in [-0.25, -0.2) is 9.78 Å². The van der Waals surface area contributed by atoms with Crippen molar-refractivity contribution in [2.75, 3.05) is 13.1 Å². The number of hydrogen-bond acceptors (Lipinski definition) is 4. The van der Waals surface area contributed by atoms with E-state index in [9.17, 15) is 9.59 Å². The highest BCUT2D eigenvalue weighted by Gasteiger charge is 2.17. The van der Waals surface area contributed by atoms with Gasteiger partial charge in [-0.05, 0) is 36.9 Å². The molecule has 3 rings (SSSR count). The Morgan fingerprint density at radius 2 is 2.05 bits per heavy atom. The van der Waals surface area contributed by atoms with E-state index in [0.717, 1.165) is 36.1 Å². The third kappa shape index (κ3) is 2.61. The van der Waals surface area contributed by atoms with Gasteiger partial charge in [0.25, 0.3) is 5.56 Å². The second-order valence-corrected chi connectivity index (χ2v) is 5.39. The lowest BCUT2D eigenvalue weighted by Crippen LogP contribution is -2.37. The van der Waals surface area contributed by atoms with E-state index in [1.165, 1.54) is 11.6 Å². The zero-order chi connectivity index (χ0) is 14.3.